The third-order valence-electron chi connectivity index (χ3n) is 2.05. The van der Waals surface area contributed by atoms with Crippen LogP contribution in [-0.4, -0.2) is 46.1 Å². The van der Waals surface area contributed by atoms with Gasteiger partial charge in [-0.25, -0.2) is 0 Å². The first kappa shape index (κ1) is 24.8. The van der Waals surface area contributed by atoms with Crippen LogP contribution in [0.1, 0.15) is 13.8 Å². The van der Waals surface area contributed by atoms with Crippen LogP contribution in [0.15, 0.2) is 24.8 Å². The van der Waals surface area contributed by atoms with Gasteiger partial charge < -0.3 is 30.0 Å². The van der Waals surface area contributed by atoms with Crippen molar-refractivity contribution in [2.45, 2.75) is 39.1 Å². The van der Waals surface area contributed by atoms with Crippen molar-refractivity contribution in [3.8, 4) is 0 Å². The van der Waals surface area contributed by atoms with Crippen molar-refractivity contribution >= 4 is 35.1 Å². The zero-order chi connectivity index (χ0) is 19.1. The van der Waals surface area contributed by atoms with E-state index in [1.165, 1.54) is 0 Å². The lowest BCUT2D eigenvalue weighted by atomic mass is 10.4. The quantitative estimate of drug-likeness (QED) is 0.396. The van der Waals surface area contributed by atoms with Gasteiger partial charge in [0.15, 0.2) is 25.5 Å². The third-order valence-corrected chi connectivity index (χ3v) is 2.76. The maximum atomic E-state index is 9.40. The van der Waals surface area contributed by atoms with Crippen molar-refractivity contribution in [1.29, 1.82) is 0 Å². The second kappa shape index (κ2) is 15.1. The van der Waals surface area contributed by atoms with Crippen LogP contribution in [0, 0.1) is 0 Å². The van der Waals surface area contributed by atoms with Crippen LogP contribution >= 0.6 is 23.2 Å². The number of aliphatic carboxylic acids is 2. The Bertz CT molecular complexity index is 443. The van der Waals surface area contributed by atoms with Gasteiger partial charge >= 0.3 is 6.33 Å². The van der Waals surface area contributed by atoms with Gasteiger partial charge in [-0.3, -0.25) is 0 Å². The molecule has 0 spiro atoms. The number of hydrogen-bond acceptors (Lipinski definition) is 6. The summed E-state index contributed by atoms with van der Waals surface area (Å²) in [5, 5.41) is 36.6. The van der Waals surface area contributed by atoms with Crippen molar-refractivity contribution in [3.05, 3.63) is 24.8 Å². The molecule has 0 saturated heterocycles. The predicted molar refractivity (Wildman–Crippen MR) is 81.6 cm³/mol. The van der Waals surface area contributed by atoms with Crippen LogP contribution in [0.5, 0.6) is 0 Å². The van der Waals surface area contributed by atoms with Crippen LogP contribution in [0.3, 0.4) is 0 Å². The molecule has 1 aromatic heterocycles. The molecule has 2 unspecified atom stereocenters. The summed E-state index contributed by atoms with van der Waals surface area (Å²) in [6.45, 7) is 2.81. The molecule has 1 heterocycles. The van der Waals surface area contributed by atoms with E-state index in [4.69, 9.17) is 43.0 Å². The predicted octanol–water partition coefficient (Wildman–Crippen LogP) is -3.03. The average Bonchev–Trinajstić information content (AvgIpc) is 2.46. The highest BCUT2D eigenvalue weighted by Crippen LogP contribution is 1.88. The van der Waals surface area contributed by atoms with E-state index in [1.54, 1.807) is 6.33 Å². The third kappa shape index (κ3) is 18.6. The Labute approximate surface area is 150 Å². The maximum Gasteiger partial charge on any atom is 0.406 e. The molecule has 0 fully saturated rings. The Morgan fingerprint density at radius 2 is 1.25 bits per heavy atom. The zero-order valence-corrected chi connectivity index (χ0v) is 15.0. The van der Waals surface area contributed by atoms with Gasteiger partial charge in [-0.15, -0.1) is 32.3 Å². The Morgan fingerprint density at radius 3 is 1.50 bits per heavy atom. The smallest absolute Gasteiger partial charge is 0.406 e. The normalized spacial score (nSPS) is 11.9. The molecule has 0 aromatic carbocycles. The van der Waals surface area contributed by atoms with Crippen molar-refractivity contribution in [2.24, 2.45) is 0 Å². The molecular formula is C14H22Cl2N2O6. The number of nitrogens with zero attached hydrogens (tertiary/aromatic N) is 2. The lowest BCUT2D eigenvalue weighted by molar-refractivity contribution is -0.830. The van der Waals surface area contributed by atoms with Gasteiger partial charge in [0.05, 0.1) is 17.8 Å². The number of alkyl halides is 2. The Morgan fingerprint density at radius 1 is 0.958 bits per heavy atom. The van der Waals surface area contributed by atoms with Crippen LogP contribution in [0.2, 0.25) is 0 Å². The molecule has 0 saturated carbocycles. The summed E-state index contributed by atoms with van der Waals surface area (Å²) in [7, 11) is 0. The van der Waals surface area contributed by atoms with Crippen LogP contribution < -0.4 is 19.3 Å². The SMILES string of the molecule is CC(=O)[O-].CC(=O)[O-].OC(CCl)C[n+]1ccc[n+](CC(O)CCl)c1. The molecule has 2 N–H and O–H groups in total. The van der Waals surface area contributed by atoms with Crippen LogP contribution in [0.4, 0.5) is 0 Å². The van der Waals surface area contributed by atoms with E-state index in [-0.39, 0.29) is 11.8 Å². The van der Waals surface area contributed by atoms with Gasteiger partial charge in [0.25, 0.3) is 0 Å². The lowest BCUT2D eigenvalue weighted by Gasteiger charge is -2.03. The highest BCUT2D eigenvalue weighted by atomic mass is 35.5. The largest absolute Gasteiger partial charge is 0.550 e. The second-order valence-electron chi connectivity index (χ2n) is 4.60. The molecule has 0 amide bonds. The first-order chi connectivity index (χ1) is 11.1. The van der Waals surface area contributed by atoms with Crippen molar-refractivity contribution < 1.29 is 39.1 Å². The maximum absolute atomic E-state index is 9.40. The number of carbonyl (C=O) groups excluding carboxylic acids is 2. The molecule has 2 atom stereocenters. The number of rotatable bonds is 6. The highest BCUT2D eigenvalue weighted by molar-refractivity contribution is 6.18. The molecule has 0 aliphatic carbocycles. The molecule has 0 aliphatic rings. The first-order valence-electron chi connectivity index (χ1n) is 6.83. The topological polar surface area (TPSA) is 128 Å². The molecule has 24 heavy (non-hydrogen) atoms. The summed E-state index contributed by atoms with van der Waals surface area (Å²) in [6.07, 6.45) is 4.32. The number of aliphatic hydroxyl groups excluding tert-OH is 2. The number of aliphatic hydroxyl groups is 2. The zero-order valence-electron chi connectivity index (χ0n) is 13.5. The van der Waals surface area contributed by atoms with E-state index in [0.29, 0.717) is 13.1 Å². The van der Waals surface area contributed by atoms with Crippen molar-refractivity contribution in [3.63, 3.8) is 0 Å². The van der Waals surface area contributed by atoms with Crippen LogP contribution in [-0.2, 0) is 22.7 Å². The second-order valence-corrected chi connectivity index (χ2v) is 5.22. The van der Waals surface area contributed by atoms with Crippen molar-refractivity contribution in [2.75, 3.05) is 11.8 Å². The van der Waals surface area contributed by atoms with Gasteiger partial charge in [0.1, 0.15) is 12.2 Å². The van der Waals surface area contributed by atoms with Gasteiger partial charge in [-0.2, -0.15) is 0 Å². The van der Waals surface area contributed by atoms with E-state index in [1.807, 2.05) is 27.6 Å². The van der Waals surface area contributed by atoms with Gasteiger partial charge in [0.2, 0.25) is 0 Å². The number of hydrogen-bond donors (Lipinski definition) is 2. The molecule has 1 aromatic rings. The average molecular weight is 385 g/mol. The fourth-order valence-corrected chi connectivity index (χ4v) is 1.52. The molecule has 0 aliphatic heterocycles. The van der Waals surface area contributed by atoms with Gasteiger partial charge in [0, 0.05) is 11.9 Å². The van der Waals surface area contributed by atoms with Gasteiger partial charge in [-0.05, 0) is 13.8 Å². The Kier molecular flexibility index (Phi) is 15.6. The molecule has 138 valence electrons. The minimum atomic E-state index is -1.08. The summed E-state index contributed by atoms with van der Waals surface area (Å²) < 4.78 is 3.63. The summed E-state index contributed by atoms with van der Waals surface area (Å²) in [5.41, 5.74) is 0. The molecule has 8 nitrogen and oxygen atoms in total. The van der Waals surface area contributed by atoms with E-state index < -0.39 is 24.1 Å². The summed E-state index contributed by atoms with van der Waals surface area (Å²) in [4.78, 5) is 17.8. The lowest BCUT2D eigenvalue weighted by Crippen LogP contribution is -2.51. The molecule has 10 heteroatoms. The molecule has 0 bridgehead atoms. The minimum Gasteiger partial charge on any atom is -0.550 e. The summed E-state index contributed by atoms with van der Waals surface area (Å²) in [5.74, 6) is -1.77. The Hall–Kier alpha value is -1.48. The first-order valence-corrected chi connectivity index (χ1v) is 7.90. The monoisotopic (exact) mass is 384 g/mol. The van der Waals surface area contributed by atoms with E-state index in [0.717, 1.165) is 13.8 Å². The molecule has 0 radical (unpaired) electrons. The van der Waals surface area contributed by atoms with E-state index in [2.05, 4.69) is 0 Å². The number of carboxylic acids is 2. The van der Waals surface area contributed by atoms with Crippen LogP contribution in [0.25, 0.3) is 0 Å². The fourth-order valence-electron chi connectivity index (χ4n) is 1.33. The number of carboxylic acid groups (broad SMARTS) is 2. The fraction of sp³-hybridized carbons (Fsp3) is 0.571. The highest BCUT2D eigenvalue weighted by Gasteiger charge is 2.16. The van der Waals surface area contributed by atoms with E-state index >= 15 is 0 Å². The van der Waals surface area contributed by atoms with Crippen molar-refractivity contribution in [1.82, 2.24) is 0 Å². The minimum absolute atomic E-state index is 0.201. The number of carbonyl (C=O) groups is 2. The molecule has 1 rings (SSSR count). The summed E-state index contributed by atoms with van der Waals surface area (Å²) >= 11 is 11.0. The molecular weight excluding hydrogens is 363 g/mol. The summed E-state index contributed by atoms with van der Waals surface area (Å²) in [6, 6.07) is 1.84. The number of aromatic nitrogens is 2. The van der Waals surface area contributed by atoms with Gasteiger partial charge in [-0.1, -0.05) is 0 Å². The Balaban J connectivity index is 0. The number of halogens is 2. The van der Waals surface area contributed by atoms with E-state index in [9.17, 15) is 10.2 Å². The standard InChI is InChI=1S/C10H16Cl2N2O2.2C2H4O2/c11-4-9(15)6-13-2-1-3-14(8-13)7-10(16)5-12;2*1-2(3)4/h1-3,8-10,15-16H,4-7H2;2*1H3,(H,3,4)/q+2;;/p-2.